The first kappa shape index (κ1) is 25.7. The number of benzene rings is 4. The van der Waals surface area contributed by atoms with E-state index in [1.807, 2.05) is 72.9 Å². The SMILES string of the molecule is O=C(/C(=C\c1c(C(=O)c2ccc(Br)cc2)oc2ccc(Br)cc12)c1c[nH]c2ccccc12)c1ccc(Br)cc1. The Morgan fingerprint density at radius 3 is 2.08 bits per heavy atom. The molecule has 2 aromatic heterocycles. The number of aromatic nitrogens is 1. The number of fused-ring (bicyclic) bond motifs is 2. The molecule has 0 aliphatic carbocycles. The first-order chi connectivity index (χ1) is 18.9. The largest absolute Gasteiger partial charge is 0.452 e. The second kappa shape index (κ2) is 10.6. The molecule has 0 aliphatic rings. The Balaban J connectivity index is 1.62. The van der Waals surface area contributed by atoms with Gasteiger partial charge >= 0.3 is 0 Å². The number of furan rings is 1. The van der Waals surface area contributed by atoms with E-state index in [4.69, 9.17) is 4.42 Å². The van der Waals surface area contributed by atoms with Crippen molar-refractivity contribution in [2.45, 2.75) is 0 Å². The van der Waals surface area contributed by atoms with Crippen LogP contribution >= 0.6 is 47.8 Å². The molecule has 1 N–H and O–H groups in total. The topological polar surface area (TPSA) is 63.1 Å². The maximum Gasteiger partial charge on any atom is 0.228 e. The average Bonchev–Trinajstić information content (AvgIpc) is 3.53. The fraction of sp³-hybridized carbons (Fsp3) is 0. The number of hydrogen-bond acceptors (Lipinski definition) is 3. The summed E-state index contributed by atoms with van der Waals surface area (Å²) in [5, 5.41) is 1.63. The molecule has 0 aliphatic heterocycles. The van der Waals surface area contributed by atoms with Crippen LogP contribution in [0.4, 0.5) is 0 Å². The van der Waals surface area contributed by atoms with Crippen molar-refractivity contribution in [2.75, 3.05) is 0 Å². The Labute approximate surface area is 249 Å². The van der Waals surface area contributed by atoms with Crippen molar-refractivity contribution in [1.82, 2.24) is 4.98 Å². The molecule has 39 heavy (non-hydrogen) atoms. The number of rotatable bonds is 6. The number of nitrogens with one attached hydrogen (secondary N) is 1. The van der Waals surface area contributed by atoms with E-state index < -0.39 is 0 Å². The van der Waals surface area contributed by atoms with Gasteiger partial charge in [0.25, 0.3) is 0 Å². The van der Waals surface area contributed by atoms with Crippen molar-refractivity contribution in [2.24, 2.45) is 0 Å². The second-order valence-corrected chi connectivity index (χ2v) is 11.7. The van der Waals surface area contributed by atoms with Crippen LogP contribution in [0.1, 0.15) is 37.6 Å². The molecule has 7 heteroatoms. The fourth-order valence-corrected chi connectivity index (χ4v) is 5.48. The van der Waals surface area contributed by atoms with Crippen LogP contribution in [-0.2, 0) is 0 Å². The molecule has 6 rings (SSSR count). The molecule has 6 aromatic rings. The highest BCUT2D eigenvalue weighted by Gasteiger charge is 2.25. The number of carbonyl (C=O) groups is 2. The predicted molar refractivity (Wildman–Crippen MR) is 166 cm³/mol. The first-order valence-corrected chi connectivity index (χ1v) is 14.4. The van der Waals surface area contributed by atoms with Crippen LogP contribution in [-0.4, -0.2) is 16.6 Å². The van der Waals surface area contributed by atoms with Crippen molar-refractivity contribution in [3.8, 4) is 0 Å². The lowest BCUT2D eigenvalue weighted by atomic mass is 9.93. The normalized spacial score (nSPS) is 11.8. The number of allylic oxidation sites excluding steroid dienone is 1. The lowest BCUT2D eigenvalue weighted by molar-refractivity contribution is 0.101. The smallest absolute Gasteiger partial charge is 0.228 e. The highest BCUT2D eigenvalue weighted by molar-refractivity contribution is 9.11. The zero-order chi connectivity index (χ0) is 27.1. The third kappa shape index (κ3) is 4.98. The summed E-state index contributed by atoms with van der Waals surface area (Å²) in [5.74, 6) is -0.263. The van der Waals surface area contributed by atoms with Gasteiger partial charge in [-0.15, -0.1) is 0 Å². The predicted octanol–water partition coefficient (Wildman–Crippen LogP) is 9.86. The van der Waals surface area contributed by atoms with Crippen molar-refractivity contribution >= 4 is 92.9 Å². The summed E-state index contributed by atoms with van der Waals surface area (Å²) in [4.78, 5) is 31.1. The Bertz CT molecular complexity index is 1910. The zero-order valence-electron chi connectivity index (χ0n) is 20.2. The first-order valence-electron chi connectivity index (χ1n) is 12.0. The summed E-state index contributed by atoms with van der Waals surface area (Å²) < 4.78 is 8.74. The van der Waals surface area contributed by atoms with Crippen LogP contribution in [0.3, 0.4) is 0 Å². The maximum atomic E-state index is 14.1. The van der Waals surface area contributed by atoms with E-state index in [1.54, 1.807) is 30.3 Å². The molecule has 4 nitrogen and oxygen atoms in total. The number of halogens is 3. The number of ketones is 2. The third-order valence-corrected chi connectivity index (χ3v) is 8.07. The van der Waals surface area contributed by atoms with E-state index in [-0.39, 0.29) is 17.3 Å². The molecule has 190 valence electrons. The lowest BCUT2D eigenvalue weighted by Gasteiger charge is -2.08. The van der Waals surface area contributed by atoms with E-state index in [0.717, 1.165) is 35.3 Å². The molecule has 0 atom stereocenters. The van der Waals surface area contributed by atoms with Gasteiger partial charge in [-0.1, -0.05) is 66.0 Å². The number of para-hydroxylation sites is 1. The molecule has 0 saturated carbocycles. The molecule has 0 fully saturated rings. The van der Waals surface area contributed by atoms with Crippen LogP contribution in [0.25, 0.3) is 33.5 Å². The number of hydrogen-bond donors (Lipinski definition) is 1. The molecule has 0 unspecified atom stereocenters. The molecule has 0 bridgehead atoms. The number of aromatic amines is 1. The van der Waals surface area contributed by atoms with E-state index in [1.165, 1.54) is 0 Å². The van der Waals surface area contributed by atoms with Gasteiger partial charge in [0.15, 0.2) is 11.5 Å². The number of H-pyrrole nitrogens is 1. The average molecular weight is 704 g/mol. The minimum Gasteiger partial charge on any atom is -0.452 e. The minimum atomic E-state index is -0.268. The van der Waals surface area contributed by atoms with E-state index in [9.17, 15) is 9.59 Å². The molecule has 0 radical (unpaired) electrons. The Hall–Kier alpha value is -3.52. The van der Waals surface area contributed by atoms with Crippen molar-refractivity contribution in [3.63, 3.8) is 0 Å². The van der Waals surface area contributed by atoms with Crippen LogP contribution in [0, 0.1) is 0 Å². The fourth-order valence-electron chi connectivity index (χ4n) is 4.59. The number of Topliss-reactive ketones (excluding diaryl/α,β-unsaturated/α-hetero) is 1. The molecule has 0 amide bonds. The molecule has 0 saturated heterocycles. The van der Waals surface area contributed by atoms with E-state index in [0.29, 0.717) is 27.8 Å². The highest BCUT2D eigenvalue weighted by Crippen LogP contribution is 2.36. The Morgan fingerprint density at radius 1 is 0.718 bits per heavy atom. The van der Waals surface area contributed by atoms with Crippen LogP contribution in [0.2, 0.25) is 0 Å². The van der Waals surface area contributed by atoms with Crippen molar-refractivity contribution in [1.29, 1.82) is 0 Å². The summed E-state index contributed by atoms with van der Waals surface area (Å²) in [7, 11) is 0. The molecule has 2 heterocycles. The van der Waals surface area contributed by atoms with Gasteiger partial charge < -0.3 is 9.40 Å². The molecular formula is C32H18Br3NO3. The van der Waals surface area contributed by atoms with E-state index in [2.05, 4.69) is 52.8 Å². The second-order valence-electron chi connectivity index (χ2n) is 8.96. The lowest BCUT2D eigenvalue weighted by Crippen LogP contribution is -2.05. The highest BCUT2D eigenvalue weighted by atomic mass is 79.9. The summed E-state index contributed by atoms with van der Waals surface area (Å²) >= 11 is 10.4. The van der Waals surface area contributed by atoms with Gasteiger partial charge in [0.2, 0.25) is 5.78 Å². The minimum absolute atomic E-state index is 0.168. The van der Waals surface area contributed by atoms with Crippen molar-refractivity contribution in [3.05, 3.63) is 139 Å². The number of carbonyl (C=O) groups excluding carboxylic acids is 2. The monoisotopic (exact) mass is 701 g/mol. The molecule has 0 spiro atoms. The van der Waals surface area contributed by atoms with Gasteiger partial charge in [-0.25, -0.2) is 0 Å². The summed E-state index contributed by atoms with van der Waals surface area (Å²) in [6.45, 7) is 0. The van der Waals surface area contributed by atoms with Gasteiger partial charge in [0.05, 0.1) is 0 Å². The summed E-state index contributed by atoms with van der Waals surface area (Å²) in [6, 6.07) is 27.8. The standard InChI is InChI=1S/C32H18Br3NO3/c33-20-9-5-18(6-10-20)30(37)25(27-17-36-28-4-2-1-3-23(27)28)16-26-24-15-22(35)13-14-29(24)39-32(26)31(38)19-7-11-21(34)12-8-19/h1-17,36H/b25-16-. The zero-order valence-corrected chi connectivity index (χ0v) is 24.9. The van der Waals surface area contributed by atoms with Crippen LogP contribution in [0.15, 0.2) is 115 Å². The molecular weight excluding hydrogens is 686 g/mol. The molecule has 4 aromatic carbocycles. The summed E-state index contributed by atoms with van der Waals surface area (Å²) in [5.41, 5.74) is 4.22. The van der Waals surface area contributed by atoms with Gasteiger partial charge in [-0.3, -0.25) is 9.59 Å². The maximum absolute atomic E-state index is 14.1. The Kier molecular flexibility index (Phi) is 6.97. The van der Waals surface area contributed by atoms with Crippen LogP contribution in [0.5, 0.6) is 0 Å². The van der Waals surface area contributed by atoms with Gasteiger partial charge in [0, 0.05) is 63.7 Å². The van der Waals surface area contributed by atoms with Crippen LogP contribution < -0.4 is 0 Å². The van der Waals surface area contributed by atoms with E-state index >= 15 is 0 Å². The third-order valence-electron chi connectivity index (χ3n) is 6.52. The van der Waals surface area contributed by atoms with Gasteiger partial charge in [-0.05, 0) is 78.9 Å². The summed E-state index contributed by atoms with van der Waals surface area (Å²) in [6.07, 6.45) is 3.62. The quantitative estimate of drug-likeness (QED) is 0.139. The Morgan fingerprint density at radius 2 is 1.36 bits per heavy atom. The van der Waals surface area contributed by atoms with Gasteiger partial charge in [0.1, 0.15) is 5.58 Å². The van der Waals surface area contributed by atoms with Gasteiger partial charge in [-0.2, -0.15) is 0 Å². The van der Waals surface area contributed by atoms with Crippen molar-refractivity contribution < 1.29 is 14.0 Å².